The molecular weight excluding hydrogens is 226 g/mol. The molecule has 0 aromatic heterocycles. The molecule has 2 N–H and O–H groups in total. The summed E-state index contributed by atoms with van der Waals surface area (Å²) in [6, 6.07) is 6.58. The normalized spacial score (nSPS) is 23.9. The number of hydrogen-bond acceptors (Lipinski definition) is 3. The van der Waals surface area contributed by atoms with Crippen LogP contribution < -0.4 is 10.5 Å². The van der Waals surface area contributed by atoms with Crippen LogP contribution in [0.5, 0.6) is 5.75 Å². The van der Waals surface area contributed by atoms with Gasteiger partial charge in [-0.15, -0.1) is 0 Å². The number of aryl methyl sites for hydroxylation is 1. The zero-order valence-electron chi connectivity index (χ0n) is 10.7. The van der Waals surface area contributed by atoms with E-state index in [4.69, 9.17) is 15.2 Å². The second-order valence-corrected chi connectivity index (χ2v) is 5.37. The van der Waals surface area contributed by atoms with Gasteiger partial charge in [0.1, 0.15) is 5.75 Å². The Bertz CT molecular complexity index is 413. The molecule has 2 aliphatic rings. The molecule has 3 nitrogen and oxygen atoms in total. The highest BCUT2D eigenvalue weighted by Crippen LogP contribution is 2.32. The second kappa shape index (κ2) is 5.29. The van der Waals surface area contributed by atoms with Gasteiger partial charge in [0.15, 0.2) is 0 Å². The number of benzene rings is 1. The Kier molecular flexibility index (Phi) is 3.52. The topological polar surface area (TPSA) is 44.5 Å². The first-order valence-electron chi connectivity index (χ1n) is 6.92. The van der Waals surface area contributed by atoms with E-state index in [-0.39, 0.29) is 6.04 Å². The summed E-state index contributed by atoms with van der Waals surface area (Å²) in [6.07, 6.45) is 4.40. The van der Waals surface area contributed by atoms with Crippen LogP contribution in [0.1, 0.15) is 36.4 Å². The molecule has 1 aliphatic carbocycles. The lowest BCUT2D eigenvalue weighted by molar-refractivity contribution is 0.0497. The Morgan fingerprint density at radius 1 is 1.22 bits per heavy atom. The van der Waals surface area contributed by atoms with Crippen LogP contribution >= 0.6 is 0 Å². The first-order valence-corrected chi connectivity index (χ1v) is 6.92. The zero-order chi connectivity index (χ0) is 12.4. The van der Waals surface area contributed by atoms with Gasteiger partial charge in [0, 0.05) is 19.3 Å². The van der Waals surface area contributed by atoms with Gasteiger partial charge in [0.25, 0.3) is 0 Å². The fourth-order valence-corrected chi connectivity index (χ4v) is 2.84. The molecule has 3 rings (SSSR count). The fourth-order valence-electron chi connectivity index (χ4n) is 2.84. The van der Waals surface area contributed by atoms with Gasteiger partial charge in [-0.25, -0.2) is 0 Å². The van der Waals surface area contributed by atoms with Gasteiger partial charge in [-0.2, -0.15) is 0 Å². The van der Waals surface area contributed by atoms with E-state index in [1.54, 1.807) is 0 Å². The lowest BCUT2D eigenvalue weighted by Gasteiger charge is -2.22. The van der Waals surface area contributed by atoms with Gasteiger partial charge in [-0.1, -0.05) is 6.07 Å². The van der Waals surface area contributed by atoms with E-state index in [2.05, 4.69) is 18.2 Å². The first-order chi connectivity index (χ1) is 8.83. The average molecular weight is 247 g/mol. The molecule has 1 fully saturated rings. The summed E-state index contributed by atoms with van der Waals surface area (Å²) in [6.45, 7) is 2.58. The molecule has 1 heterocycles. The van der Waals surface area contributed by atoms with E-state index < -0.39 is 0 Å². The predicted molar refractivity (Wildman–Crippen MR) is 70.7 cm³/mol. The Morgan fingerprint density at radius 2 is 2.06 bits per heavy atom. The van der Waals surface area contributed by atoms with Crippen molar-refractivity contribution in [3.63, 3.8) is 0 Å². The van der Waals surface area contributed by atoms with Crippen LogP contribution in [0.25, 0.3) is 0 Å². The molecular formula is C15H21NO2. The Balaban J connectivity index is 1.60. The van der Waals surface area contributed by atoms with Crippen LogP contribution in [-0.2, 0) is 11.2 Å². The minimum absolute atomic E-state index is 0.226. The largest absolute Gasteiger partial charge is 0.493 e. The van der Waals surface area contributed by atoms with E-state index >= 15 is 0 Å². The lowest BCUT2D eigenvalue weighted by atomic mass is 10.0. The van der Waals surface area contributed by atoms with Gasteiger partial charge in [0.2, 0.25) is 0 Å². The molecule has 98 valence electrons. The van der Waals surface area contributed by atoms with Crippen molar-refractivity contribution in [2.45, 2.75) is 31.7 Å². The standard InChI is InChI=1S/C15H21NO2/c16-15-4-1-12-9-13(2-3-14(12)15)18-10-11-5-7-17-8-6-11/h2-3,9,11,15H,1,4-8,10,16H2. The van der Waals surface area contributed by atoms with Crippen molar-refractivity contribution < 1.29 is 9.47 Å². The third-order valence-corrected chi connectivity index (χ3v) is 4.07. The molecule has 0 radical (unpaired) electrons. The SMILES string of the molecule is NC1CCc2cc(OCC3CCOCC3)ccc21. The number of fused-ring (bicyclic) bond motifs is 1. The Morgan fingerprint density at radius 3 is 2.89 bits per heavy atom. The molecule has 1 aromatic carbocycles. The first kappa shape index (κ1) is 12.0. The van der Waals surface area contributed by atoms with E-state index in [0.717, 1.165) is 51.3 Å². The highest BCUT2D eigenvalue weighted by molar-refractivity contribution is 5.40. The molecule has 0 spiro atoms. The summed E-state index contributed by atoms with van der Waals surface area (Å²) < 4.78 is 11.3. The van der Waals surface area contributed by atoms with Crippen LogP contribution in [0.3, 0.4) is 0 Å². The Hall–Kier alpha value is -1.06. The van der Waals surface area contributed by atoms with Gasteiger partial charge >= 0.3 is 0 Å². The van der Waals surface area contributed by atoms with Crippen molar-refractivity contribution in [3.8, 4) is 5.75 Å². The van der Waals surface area contributed by atoms with Crippen LogP contribution in [0.2, 0.25) is 0 Å². The Labute approximate surface area is 108 Å². The van der Waals surface area contributed by atoms with E-state index in [0.29, 0.717) is 5.92 Å². The van der Waals surface area contributed by atoms with Gasteiger partial charge in [-0.05, 0) is 54.9 Å². The van der Waals surface area contributed by atoms with Crippen LogP contribution in [-0.4, -0.2) is 19.8 Å². The smallest absolute Gasteiger partial charge is 0.119 e. The van der Waals surface area contributed by atoms with Crippen molar-refractivity contribution in [2.24, 2.45) is 11.7 Å². The summed E-state index contributed by atoms with van der Waals surface area (Å²) in [4.78, 5) is 0. The third kappa shape index (κ3) is 2.52. The molecule has 3 heteroatoms. The maximum Gasteiger partial charge on any atom is 0.119 e. The minimum atomic E-state index is 0.226. The van der Waals surface area contributed by atoms with Crippen molar-refractivity contribution in [3.05, 3.63) is 29.3 Å². The van der Waals surface area contributed by atoms with Crippen molar-refractivity contribution >= 4 is 0 Å². The molecule has 1 aromatic rings. The highest BCUT2D eigenvalue weighted by Gasteiger charge is 2.19. The third-order valence-electron chi connectivity index (χ3n) is 4.07. The summed E-state index contributed by atoms with van der Waals surface area (Å²) in [7, 11) is 0. The highest BCUT2D eigenvalue weighted by atomic mass is 16.5. The number of hydrogen-bond donors (Lipinski definition) is 1. The monoisotopic (exact) mass is 247 g/mol. The van der Waals surface area contributed by atoms with Crippen LogP contribution in [0, 0.1) is 5.92 Å². The fraction of sp³-hybridized carbons (Fsp3) is 0.600. The van der Waals surface area contributed by atoms with E-state index in [9.17, 15) is 0 Å². The second-order valence-electron chi connectivity index (χ2n) is 5.37. The lowest BCUT2D eigenvalue weighted by Crippen LogP contribution is -2.21. The molecule has 1 atom stereocenters. The average Bonchev–Trinajstić information content (AvgIpc) is 2.79. The van der Waals surface area contributed by atoms with Crippen molar-refractivity contribution in [1.82, 2.24) is 0 Å². The summed E-state index contributed by atoms with van der Waals surface area (Å²) >= 11 is 0. The van der Waals surface area contributed by atoms with Crippen molar-refractivity contribution in [2.75, 3.05) is 19.8 Å². The molecule has 0 bridgehead atoms. The van der Waals surface area contributed by atoms with Gasteiger partial charge in [-0.3, -0.25) is 0 Å². The molecule has 18 heavy (non-hydrogen) atoms. The van der Waals surface area contributed by atoms with Crippen molar-refractivity contribution in [1.29, 1.82) is 0 Å². The molecule has 0 saturated carbocycles. The zero-order valence-corrected chi connectivity index (χ0v) is 10.7. The van der Waals surface area contributed by atoms with Gasteiger partial charge < -0.3 is 15.2 Å². The quantitative estimate of drug-likeness (QED) is 0.892. The maximum absolute atomic E-state index is 6.03. The van der Waals surface area contributed by atoms with Gasteiger partial charge in [0.05, 0.1) is 6.61 Å². The van der Waals surface area contributed by atoms with E-state index in [1.807, 2.05) is 0 Å². The molecule has 1 aliphatic heterocycles. The van der Waals surface area contributed by atoms with E-state index in [1.165, 1.54) is 11.1 Å². The summed E-state index contributed by atoms with van der Waals surface area (Å²) in [5.74, 6) is 1.64. The summed E-state index contributed by atoms with van der Waals surface area (Å²) in [5, 5.41) is 0. The van der Waals surface area contributed by atoms with Crippen LogP contribution in [0.4, 0.5) is 0 Å². The number of rotatable bonds is 3. The minimum Gasteiger partial charge on any atom is -0.493 e. The predicted octanol–water partition coefficient (Wildman–Crippen LogP) is 2.44. The maximum atomic E-state index is 6.03. The number of nitrogens with two attached hydrogens (primary N) is 1. The number of ether oxygens (including phenoxy) is 2. The molecule has 1 unspecified atom stereocenters. The summed E-state index contributed by atoms with van der Waals surface area (Å²) in [5.41, 5.74) is 8.70. The molecule has 1 saturated heterocycles. The molecule has 0 amide bonds. The van der Waals surface area contributed by atoms with Crippen LogP contribution in [0.15, 0.2) is 18.2 Å².